The molecule has 1 fully saturated rings. The van der Waals surface area contributed by atoms with Crippen molar-refractivity contribution in [1.82, 2.24) is 20.2 Å². The van der Waals surface area contributed by atoms with Gasteiger partial charge < -0.3 is 19.5 Å². The van der Waals surface area contributed by atoms with E-state index in [4.69, 9.17) is 25.8 Å². The molecule has 1 atom stereocenters. The Morgan fingerprint density at radius 2 is 1.97 bits per heavy atom. The summed E-state index contributed by atoms with van der Waals surface area (Å²) in [7, 11) is 0. The van der Waals surface area contributed by atoms with Gasteiger partial charge in [-0.15, -0.1) is 0 Å². The van der Waals surface area contributed by atoms with Crippen molar-refractivity contribution < 1.29 is 23.4 Å². The molecule has 0 radical (unpaired) electrons. The van der Waals surface area contributed by atoms with E-state index in [-0.39, 0.29) is 23.3 Å². The second kappa shape index (κ2) is 11.4. The molecule has 1 aliphatic heterocycles. The molecule has 11 heteroatoms. The molecule has 0 bridgehead atoms. The van der Waals surface area contributed by atoms with E-state index in [0.717, 1.165) is 32.1 Å². The summed E-state index contributed by atoms with van der Waals surface area (Å²) >= 11 is 6.16. The summed E-state index contributed by atoms with van der Waals surface area (Å²) in [4.78, 5) is 13.5. The molecule has 3 aromatic rings. The number of carbonyl (C=O) groups is 1. The molecule has 1 unspecified atom stereocenters. The fraction of sp³-hybridized carbons (Fsp3) is 0.407. The van der Waals surface area contributed by atoms with E-state index in [0.29, 0.717) is 40.9 Å². The van der Waals surface area contributed by atoms with E-state index >= 15 is 0 Å². The van der Waals surface area contributed by atoms with Gasteiger partial charge >= 0.3 is 5.97 Å². The molecular weight excluding hydrogens is 513 g/mol. The first kappa shape index (κ1) is 26.0. The molecule has 2 aromatic carbocycles. The third kappa shape index (κ3) is 5.31. The third-order valence-corrected chi connectivity index (χ3v) is 7.13. The lowest BCUT2D eigenvalue weighted by Crippen LogP contribution is -2.32. The number of aromatic nitrogens is 4. The Morgan fingerprint density at radius 1 is 1.16 bits per heavy atom. The van der Waals surface area contributed by atoms with E-state index in [1.54, 1.807) is 28.9 Å². The van der Waals surface area contributed by atoms with Gasteiger partial charge in [-0.25, -0.2) is 9.18 Å². The lowest BCUT2D eigenvalue weighted by Gasteiger charge is -2.30. The molecule has 1 N–H and O–H groups in total. The topological polar surface area (TPSA) is 100 Å². The number of carbonyl (C=O) groups excluding carboxylic acids is 1. The van der Waals surface area contributed by atoms with Gasteiger partial charge in [0.25, 0.3) is 0 Å². The van der Waals surface area contributed by atoms with Crippen LogP contribution in [-0.4, -0.2) is 38.9 Å². The normalized spacial score (nSPS) is 17.5. The van der Waals surface area contributed by atoms with Gasteiger partial charge in [-0.05, 0) is 79.8 Å². The summed E-state index contributed by atoms with van der Waals surface area (Å²) in [5.41, 5.74) is 1.99. The van der Waals surface area contributed by atoms with Crippen LogP contribution in [0.15, 0.2) is 47.7 Å². The van der Waals surface area contributed by atoms with Crippen molar-refractivity contribution in [2.24, 2.45) is 0 Å². The second-order valence-electron chi connectivity index (χ2n) is 9.31. The zero-order valence-corrected chi connectivity index (χ0v) is 22.0. The number of anilines is 1. The third-order valence-electron chi connectivity index (χ3n) is 6.78. The van der Waals surface area contributed by atoms with Gasteiger partial charge in [-0.2, -0.15) is 4.68 Å². The first-order valence-electron chi connectivity index (χ1n) is 12.7. The van der Waals surface area contributed by atoms with Crippen LogP contribution < -0.4 is 14.8 Å². The molecule has 2 aliphatic rings. The first-order valence-corrected chi connectivity index (χ1v) is 13.1. The lowest BCUT2D eigenvalue weighted by molar-refractivity contribution is -0.146. The van der Waals surface area contributed by atoms with Crippen molar-refractivity contribution in [3.05, 3.63) is 69.6 Å². The lowest BCUT2D eigenvalue weighted by atomic mass is 9.94. The average molecular weight is 542 g/mol. The van der Waals surface area contributed by atoms with Gasteiger partial charge in [-0.3, -0.25) is 0 Å². The Labute approximate surface area is 224 Å². The number of hydrogen-bond acceptors (Lipinski definition) is 8. The molecular formula is C27H29ClFN5O4. The van der Waals surface area contributed by atoms with E-state index in [1.807, 2.05) is 19.9 Å². The van der Waals surface area contributed by atoms with Crippen LogP contribution in [0.4, 0.5) is 10.3 Å². The van der Waals surface area contributed by atoms with Crippen LogP contribution in [0.1, 0.15) is 63.1 Å². The van der Waals surface area contributed by atoms with Gasteiger partial charge in [0.05, 0.1) is 17.2 Å². The number of nitrogens with zero attached hydrogens (tertiary/aromatic N) is 4. The number of benzene rings is 2. The summed E-state index contributed by atoms with van der Waals surface area (Å²) in [6.07, 6.45) is 4.87. The molecule has 9 nitrogen and oxygen atoms in total. The average Bonchev–Trinajstić information content (AvgIpc) is 3.37. The van der Waals surface area contributed by atoms with Crippen molar-refractivity contribution in [2.75, 3.05) is 11.9 Å². The number of ether oxygens (including phenoxy) is 3. The van der Waals surface area contributed by atoms with Crippen LogP contribution in [0, 0.1) is 5.82 Å². The molecule has 0 amide bonds. The summed E-state index contributed by atoms with van der Waals surface area (Å²) in [5.74, 6) is 0.403. The van der Waals surface area contributed by atoms with Gasteiger partial charge in [0, 0.05) is 11.3 Å². The fourth-order valence-electron chi connectivity index (χ4n) is 4.89. The van der Waals surface area contributed by atoms with Crippen LogP contribution in [0.25, 0.3) is 0 Å². The van der Waals surface area contributed by atoms with Crippen molar-refractivity contribution in [2.45, 2.75) is 64.7 Å². The number of hydrogen-bond donors (Lipinski definition) is 1. The van der Waals surface area contributed by atoms with E-state index in [9.17, 15) is 9.18 Å². The van der Waals surface area contributed by atoms with E-state index in [1.165, 1.54) is 6.07 Å². The number of allylic oxidation sites excluding steroid dienone is 1. The number of nitrogens with one attached hydrogen (secondary N) is 1. The Balaban J connectivity index is 1.47. The Kier molecular flexibility index (Phi) is 7.78. The van der Waals surface area contributed by atoms with Crippen molar-refractivity contribution in [3.8, 4) is 11.5 Å². The Hall–Kier alpha value is -3.66. The summed E-state index contributed by atoms with van der Waals surface area (Å²) in [6, 6.07) is 9.15. The van der Waals surface area contributed by atoms with Crippen LogP contribution >= 0.6 is 11.6 Å². The molecule has 2 heterocycles. The van der Waals surface area contributed by atoms with Gasteiger partial charge in [0.15, 0.2) is 11.5 Å². The predicted molar refractivity (Wildman–Crippen MR) is 139 cm³/mol. The SMILES string of the molecule is CCOc1cc(C2C(C(=O)OC3CCCCC3)=C(C)Nc3nnnn32)ccc1OCc1c(F)cccc1Cl. The highest BCUT2D eigenvalue weighted by Crippen LogP contribution is 2.39. The predicted octanol–water partition coefficient (Wildman–Crippen LogP) is 5.61. The van der Waals surface area contributed by atoms with Crippen molar-refractivity contribution >= 4 is 23.5 Å². The zero-order valence-electron chi connectivity index (χ0n) is 21.2. The van der Waals surface area contributed by atoms with Crippen LogP contribution in [0.5, 0.6) is 11.5 Å². The monoisotopic (exact) mass is 541 g/mol. The summed E-state index contributed by atoms with van der Waals surface area (Å²) < 4.78 is 33.5. The van der Waals surface area contributed by atoms with Crippen molar-refractivity contribution in [1.29, 1.82) is 0 Å². The molecule has 200 valence electrons. The van der Waals surface area contributed by atoms with E-state index in [2.05, 4.69) is 20.8 Å². The second-order valence-corrected chi connectivity index (χ2v) is 9.71. The van der Waals surface area contributed by atoms with Crippen LogP contribution in [-0.2, 0) is 16.1 Å². The van der Waals surface area contributed by atoms with Crippen LogP contribution in [0.2, 0.25) is 5.02 Å². The Morgan fingerprint density at radius 3 is 2.74 bits per heavy atom. The Bertz CT molecular complexity index is 1330. The summed E-state index contributed by atoms with van der Waals surface area (Å²) in [6.45, 7) is 3.95. The smallest absolute Gasteiger partial charge is 0.338 e. The standard InChI is InChI=1S/C27H29ClFN5O4/c1-3-36-23-14-17(12-13-22(23)37-15-19-20(28)10-7-11-21(19)29)25-24(16(2)30-27-31-32-33-34(25)27)26(35)38-18-8-5-4-6-9-18/h7,10-14,18,25H,3-6,8-9,15H2,1-2H3,(H,30,31,33). The number of halogens is 2. The minimum Gasteiger partial charge on any atom is -0.490 e. The van der Waals surface area contributed by atoms with Crippen LogP contribution in [0.3, 0.4) is 0 Å². The molecule has 0 spiro atoms. The fourth-order valence-corrected chi connectivity index (χ4v) is 5.10. The highest BCUT2D eigenvalue weighted by molar-refractivity contribution is 6.31. The van der Waals surface area contributed by atoms with Gasteiger partial charge in [0.2, 0.25) is 5.95 Å². The first-order chi connectivity index (χ1) is 18.5. The highest BCUT2D eigenvalue weighted by atomic mass is 35.5. The number of rotatable bonds is 8. The summed E-state index contributed by atoms with van der Waals surface area (Å²) in [5, 5.41) is 15.4. The minimum atomic E-state index is -0.647. The number of tetrazole rings is 1. The maximum absolute atomic E-state index is 14.3. The zero-order chi connectivity index (χ0) is 26.6. The number of fused-ring (bicyclic) bond motifs is 1. The van der Waals surface area contributed by atoms with Gasteiger partial charge in [-0.1, -0.05) is 35.3 Å². The van der Waals surface area contributed by atoms with Crippen molar-refractivity contribution in [3.63, 3.8) is 0 Å². The molecule has 1 saturated carbocycles. The number of esters is 1. The van der Waals surface area contributed by atoms with Gasteiger partial charge in [0.1, 0.15) is 24.6 Å². The molecule has 0 saturated heterocycles. The molecule has 5 rings (SSSR count). The highest BCUT2D eigenvalue weighted by Gasteiger charge is 2.36. The minimum absolute atomic E-state index is 0.0760. The van der Waals surface area contributed by atoms with E-state index < -0.39 is 17.8 Å². The largest absolute Gasteiger partial charge is 0.490 e. The maximum atomic E-state index is 14.3. The molecule has 1 aromatic heterocycles. The quantitative estimate of drug-likeness (QED) is 0.367. The molecule has 1 aliphatic carbocycles. The maximum Gasteiger partial charge on any atom is 0.338 e. The molecule has 38 heavy (non-hydrogen) atoms.